The Kier molecular flexibility index (Phi) is 3.02. The molecule has 0 spiro atoms. The highest BCUT2D eigenvalue weighted by Crippen LogP contribution is 2.36. The molecule has 5 nitrogen and oxygen atoms in total. The van der Waals surface area contributed by atoms with E-state index in [1.165, 1.54) is 22.9 Å². The van der Waals surface area contributed by atoms with Gasteiger partial charge in [-0.3, -0.25) is 4.79 Å². The second-order valence-electron chi connectivity index (χ2n) is 4.43. The molecule has 0 saturated heterocycles. The first-order chi connectivity index (χ1) is 8.06. The molecular weight excluding hydrogens is 222 g/mol. The van der Waals surface area contributed by atoms with Gasteiger partial charge in [0.25, 0.3) is 5.56 Å². The Morgan fingerprint density at radius 2 is 2.24 bits per heavy atom. The van der Waals surface area contributed by atoms with E-state index in [1.54, 1.807) is 7.11 Å². The molecule has 0 radical (unpaired) electrons. The topological polar surface area (TPSA) is 68.5 Å². The summed E-state index contributed by atoms with van der Waals surface area (Å²) in [5.74, 6) is -1.03. The van der Waals surface area contributed by atoms with Crippen molar-refractivity contribution in [2.75, 3.05) is 7.11 Å². The van der Waals surface area contributed by atoms with Crippen molar-refractivity contribution in [2.45, 2.75) is 31.4 Å². The largest absolute Gasteiger partial charge is 0.478 e. The summed E-state index contributed by atoms with van der Waals surface area (Å²) < 4.78 is 6.85. The van der Waals surface area contributed by atoms with Crippen LogP contribution >= 0.6 is 0 Å². The summed E-state index contributed by atoms with van der Waals surface area (Å²) in [4.78, 5) is 22.5. The maximum absolute atomic E-state index is 11.6. The van der Waals surface area contributed by atoms with Crippen molar-refractivity contribution in [1.29, 1.82) is 0 Å². The van der Waals surface area contributed by atoms with Crippen LogP contribution in [0.3, 0.4) is 0 Å². The second-order valence-corrected chi connectivity index (χ2v) is 4.43. The number of nitrogens with zero attached hydrogens (tertiary/aromatic N) is 1. The summed E-state index contributed by atoms with van der Waals surface area (Å²) in [5.41, 5.74) is -0.366. The first-order valence-electron chi connectivity index (χ1n) is 5.55. The first-order valence-corrected chi connectivity index (χ1v) is 5.55. The van der Waals surface area contributed by atoms with Gasteiger partial charge in [0.15, 0.2) is 0 Å². The van der Waals surface area contributed by atoms with E-state index in [0.29, 0.717) is 6.54 Å². The van der Waals surface area contributed by atoms with Gasteiger partial charge in [-0.15, -0.1) is 0 Å². The Morgan fingerprint density at radius 1 is 1.53 bits per heavy atom. The molecule has 1 aliphatic rings. The Hall–Kier alpha value is -1.62. The molecule has 0 bridgehead atoms. The standard InChI is InChI=1S/C12H15NO4/c1-17-12(5-2-6-12)8-13-7-9(11(15)16)3-4-10(13)14/h3-4,7H,2,5-6,8H2,1H3,(H,15,16). The van der Waals surface area contributed by atoms with Gasteiger partial charge in [0.05, 0.1) is 17.7 Å². The molecule has 0 unspecified atom stereocenters. The Labute approximate surface area is 98.6 Å². The van der Waals surface area contributed by atoms with Crippen molar-refractivity contribution in [3.63, 3.8) is 0 Å². The zero-order chi connectivity index (χ0) is 12.5. The number of hydrogen-bond donors (Lipinski definition) is 1. The third-order valence-electron chi connectivity index (χ3n) is 3.39. The predicted molar refractivity (Wildman–Crippen MR) is 61.3 cm³/mol. The van der Waals surface area contributed by atoms with Gasteiger partial charge in [-0.1, -0.05) is 0 Å². The molecule has 0 amide bonds. The van der Waals surface area contributed by atoms with Gasteiger partial charge in [0, 0.05) is 19.4 Å². The molecule has 17 heavy (non-hydrogen) atoms. The molecule has 92 valence electrons. The molecule has 1 fully saturated rings. The Balaban J connectivity index is 2.28. The van der Waals surface area contributed by atoms with Crippen LogP contribution in [0.5, 0.6) is 0 Å². The molecule has 1 aliphatic carbocycles. The van der Waals surface area contributed by atoms with Crippen LogP contribution in [0.15, 0.2) is 23.1 Å². The lowest BCUT2D eigenvalue weighted by atomic mass is 9.80. The highest BCUT2D eigenvalue weighted by atomic mass is 16.5. The van der Waals surface area contributed by atoms with E-state index in [4.69, 9.17) is 9.84 Å². The van der Waals surface area contributed by atoms with E-state index in [-0.39, 0.29) is 16.7 Å². The minimum atomic E-state index is -1.03. The fourth-order valence-corrected chi connectivity index (χ4v) is 2.09. The normalized spacial score (nSPS) is 17.5. The second kappa shape index (κ2) is 4.33. The lowest BCUT2D eigenvalue weighted by molar-refractivity contribution is -0.0841. The molecule has 1 aromatic rings. The lowest BCUT2D eigenvalue weighted by Gasteiger charge is -2.40. The van der Waals surface area contributed by atoms with Crippen LogP contribution in [0.1, 0.15) is 29.6 Å². The number of methoxy groups -OCH3 is 1. The molecule has 5 heteroatoms. The number of carboxylic acid groups (broad SMARTS) is 1. The minimum Gasteiger partial charge on any atom is -0.478 e. The lowest BCUT2D eigenvalue weighted by Crippen LogP contribution is -2.45. The highest BCUT2D eigenvalue weighted by molar-refractivity contribution is 5.87. The quantitative estimate of drug-likeness (QED) is 0.851. The third-order valence-corrected chi connectivity index (χ3v) is 3.39. The van der Waals surface area contributed by atoms with Crippen LogP contribution < -0.4 is 5.56 Å². The summed E-state index contributed by atoms with van der Waals surface area (Å²) in [7, 11) is 1.63. The summed E-state index contributed by atoms with van der Waals surface area (Å²) in [5, 5.41) is 8.88. The van der Waals surface area contributed by atoms with Crippen molar-refractivity contribution in [2.24, 2.45) is 0 Å². The van der Waals surface area contributed by atoms with Crippen LogP contribution in [0, 0.1) is 0 Å². The number of rotatable bonds is 4. The van der Waals surface area contributed by atoms with Crippen molar-refractivity contribution in [1.82, 2.24) is 4.57 Å². The SMILES string of the molecule is COC1(Cn2cc(C(=O)O)ccc2=O)CCC1. The molecule has 1 N–H and O–H groups in total. The monoisotopic (exact) mass is 237 g/mol. The van der Waals surface area contributed by atoms with E-state index in [1.807, 2.05) is 0 Å². The van der Waals surface area contributed by atoms with Crippen LogP contribution in [0.25, 0.3) is 0 Å². The number of carboxylic acids is 1. The first kappa shape index (κ1) is 11.9. The third kappa shape index (κ3) is 2.24. The molecule has 2 rings (SSSR count). The molecule has 0 atom stereocenters. The van der Waals surface area contributed by atoms with Gasteiger partial charge in [0.1, 0.15) is 0 Å². The van der Waals surface area contributed by atoms with Crippen molar-refractivity contribution >= 4 is 5.97 Å². The summed E-state index contributed by atoms with van der Waals surface area (Å²) in [6.07, 6.45) is 4.28. The van der Waals surface area contributed by atoms with Gasteiger partial charge in [0.2, 0.25) is 0 Å². The average molecular weight is 237 g/mol. The van der Waals surface area contributed by atoms with Crippen LogP contribution in [0.4, 0.5) is 0 Å². The van der Waals surface area contributed by atoms with Gasteiger partial charge in [-0.25, -0.2) is 4.79 Å². The van der Waals surface area contributed by atoms with Crippen molar-refractivity contribution in [3.8, 4) is 0 Å². The molecule has 1 heterocycles. The number of carbonyl (C=O) groups is 1. The number of aromatic carboxylic acids is 1. The van der Waals surface area contributed by atoms with Crippen LogP contribution in [0.2, 0.25) is 0 Å². The van der Waals surface area contributed by atoms with Gasteiger partial charge in [-0.2, -0.15) is 0 Å². The highest BCUT2D eigenvalue weighted by Gasteiger charge is 2.37. The van der Waals surface area contributed by atoms with Gasteiger partial charge >= 0.3 is 5.97 Å². The number of hydrogen-bond acceptors (Lipinski definition) is 3. The van der Waals surface area contributed by atoms with Crippen molar-refractivity contribution < 1.29 is 14.6 Å². The van der Waals surface area contributed by atoms with E-state index < -0.39 is 5.97 Å². The smallest absolute Gasteiger partial charge is 0.337 e. The van der Waals surface area contributed by atoms with E-state index >= 15 is 0 Å². The van der Waals surface area contributed by atoms with Gasteiger partial charge in [-0.05, 0) is 25.3 Å². The molecule has 1 aromatic heterocycles. The Bertz CT molecular complexity index is 482. The Morgan fingerprint density at radius 3 is 2.71 bits per heavy atom. The fourth-order valence-electron chi connectivity index (χ4n) is 2.09. The van der Waals surface area contributed by atoms with Crippen LogP contribution in [-0.4, -0.2) is 28.4 Å². The van der Waals surface area contributed by atoms with Crippen molar-refractivity contribution in [3.05, 3.63) is 34.2 Å². The summed E-state index contributed by atoms with van der Waals surface area (Å²) in [6.45, 7) is 0.420. The number of pyridine rings is 1. The maximum Gasteiger partial charge on any atom is 0.337 e. The summed E-state index contributed by atoms with van der Waals surface area (Å²) >= 11 is 0. The fraction of sp³-hybridized carbons (Fsp3) is 0.500. The van der Waals surface area contributed by atoms with E-state index in [2.05, 4.69) is 0 Å². The predicted octanol–water partition coefficient (Wildman–Crippen LogP) is 1.12. The minimum absolute atomic E-state index is 0.121. The number of ether oxygens (including phenoxy) is 1. The zero-order valence-electron chi connectivity index (χ0n) is 9.68. The summed E-state index contributed by atoms with van der Waals surface area (Å²) in [6, 6.07) is 2.60. The molecule has 0 aliphatic heterocycles. The van der Waals surface area contributed by atoms with E-state index in [9.17, 15) is 9.59 Å². The van der Waals surface area contributed by atoms with Crippen LogP contribution in [-0.2, 0) is 11.3 Å². The molecular formula is C12H15NO4. The zero-order valence-corrected chi connectivity index (χ0v) is 9.68. The molecule has 1 saturated carbocycles. The maximum atomic E-state index is 11.6. The van der Waals surface area contributed by atoms with Gasteiger partial charge < -0.3 is 14.4 Å². The van der Waals surface area contributed by atoms with E-state index in [0.717, 1.165) is 19.3 Å². The number of aromatic nitrogens is 1. The average Bonchev–Trinajstić information content (AvgIpc) is 2.25. The molecule has 0 aromatic carbocycles.